The molecule has 0 atom stereocenters. The molecule has 2 heterocycles. The van der Waals surface area contributed by atoms with Crippen molar-refractivity contribution in [2.75, 3.05) is 25.2 Å². The fourth-order valence-electron chi connectivity index (χ4n) is 2.19. The van der Waals surface area contributed by atoms with Crippen LogP contribution < -0.4 is 20.0 Å². The Morgan fingerprint density at radius 3 is 2.50 bits per heavy atom. The van der Waals surface area contributed by atoms with E-state index in [1.165, 1.54) is 38.4 Å². The molecule has 0 fully saturated rings. The first kappa shape index (κ1) is 21.7. The zero-order valence-electron chi connectivity index (χ0n) is 14.9. The van der Waals surface area contributed by atoms with E-state index in [4.69, 9.17) is 10.6 Å². The van der Waals surface area contributed by atoms with Gasteiger partial charge in [0, 0.05) is 4.73 Å². The second-order valence-electron chi connectivity index (χ2n) is 5.63. The Kier molecular flexibility index (Phi) is 6.32. The summed E-state index contributed by atoms with van der Waals surface area (Å²) in [4.78, 5) is 8.97. The van der Waals surface area contributed by atoms with E-state index in [1.807, 2.05) is 0 Å². The first-order chi connectivity index (χ1) is 13.0. The number of pyridine rings is 2. The Hall–Kier alpha value is -2.63. The minimum atomic E-state index is -4.31. The molecule has 28 heavy (non-hydrogen) atoms. The first-order valence-electron chi connectivity index (χ1n) is 7.89. The molecule has 2 aromatic heterocycles. The Morgan fingerprint density at radius 1 is 1.32 bits per heavy atom. The summed E-state index contributed by atoms with van der Waals surface area (Å²) in [5.74, 6) is -4.71. The lowest BCUT2D eigenvalue weighted by molar-refractivity contribution is -0.877. The molecule has 0 spiro atoms. The van der Waals surface area contributed by atoms with Gasteiger partial charge in [-0.2, -0.15) is 8.78 Å². The van der Waals surface area contributed by atoms with Gasteiger partial charge in [-0.15, -0.1) is 0 Å². The molecule has 0 saturated heterocycles. The largest absolute Gasteiger partial charge is 0.485 e. The number of halogens is 4. The van der Waals surface area contributed by atoms with E-state index in [-0.39, 0.29) is 33.5 Å². The van der Waals surface area contributed by atoms with Crippen molar-refractivity contribution in [3.8, 4) is 17.1 Å². The molecular weight excluding hydrogens is 406 g/mol. The number of rotatable bonds is 8. The second-order valence-corrected chi connectivity index (χ2v) is 7.87. The average molecular weight is 424 g/mol. The summed E-state index contributed by atoms with van der Waals surface area (Å²) in [5, 5.41) is 0. The third kappa shape index (κ3) is 4.61. The van der Waals surface area contributed by atoms with Crippen molar-refractivity contribution < 1.29 is 40.3 Å². The third-order valence-corrected chi connectivity index (χ3v) is 5.40. The molecule has 0 bridgehead atoms. The molecule has 0 radical (unpaired) electrons. The van der Waals surface area contributed by atoms with E-state index in [1.54, 1.807) is 0 Å². The van der Waals surface area contributed by atoms with Gasteiger partial charge in [0.15, 0.2) is 16.4 Å². The van der Waals surface area contributed by atoms with Crippen LogP contribution in [0.15, 0.2) is 35.5 Å². The van der Waals surface area contributed by atoms with Gasteiger partial charge in [-0.05, 0) is 18.2 Å². The summed E-state index contributed by atoms with van der Waals surface area (Å²) < 4.78 is 80.8. The Labute approximate surface area is 158 Å². The zero-order valence-corrected chi connectivity index (χ0v) is 15.7. The zero-order chi connectivity index (χ0) is 21.1. The number of hydrogen-bond acceptors (Lipinski definition) is 6. The smallest absolute Gasteiger partial charge is 0.340 e. The Balaban J connectivity index is 2.43. The maximum atomic E-state index is 12.9. The number of alkyl halides is 4. The van der Waals surface area contributed by atoms with E-state index in [9.17, 15) is 26.0 Å². The summed E-state index contributed by atoms with van der Waals surface area (Å²) in [6, 6.07) is 3.73. The molecular formula is C16H18F4N3O4S+. The molecule has 154 valence electrons. The van der Waals surface area contributed by atoms with Crippen LogP contribution in [0.2, 0.25) is 0 Å². The number of nitrogen functional groups attached to an aromatic ring is 1. The molecule has 2 N–H and O–H groups in total. The van der Waals surface area contributed by atoms with Crippen LogP contribution in [0.3, 0.4) is 0 Å². The minimum absolute atomic E-state index is 0.0583. The lowest BCUT2D eigenvalue weighted by atomic mass is 10.2. The molecule has 12 heteroatoms. The van der Waals surface area contributed by atoms with Crippen molar-refractivity contribution in [2.24, 2.45) is 0 Å². The molecule has 0 aromatic carbocycles. The predicted octanol–water partition coefficient (Wildman–Crippen LogP) is 1.75. The normalized spacial score (nSPS) is 12.2. The number of hydrogen-bond donors (Lipinski definition) is 1. The van der Waals surface area contributed by atoms with Crippen LogP contribution in [0, 0.1) is 0 Å². The standard InChI is InChI=1S/C16H18F4N3O4S/c1-3-28(24,25)13-6-10(21)8-23(26-2)14(13)12-5-4-11(7-22-12)27-9-16(19,20)15(17)18/h4-8,15H,3,9,21H2,1-2H3/q+1. The van der Waals surface area contributed by atoms with Gasteiger partial charge in [-0.3, -0.25) is 4.84 Å². The highest BCUT2D eigenvalue weighted by Crippen LogP contribution is 2.27. The topological polar surface area (TPSA) is 95.4 Å². The summed E-state index contributed by atoms with van der Waals surface area (Å²) in [5.41, 5.74) is 6.03. The minimum Gasteiger partial charge on any atom is -0.485 e. The maximum absolute atomic E-state index is 12.9. The number of aromatic nitrogens is 2. The van der Waals surface area contributed by atoms with E-state index in [0.29, 0.717) is 0 Å². The van der Waals surface area contributed by atoms with Crippen molar-refractivity contribution in [3.63, 3.8) is 0 Å². The van der Waals surface area contributed by atoms with Gasteiger partial charge in [0.1, 0.15) is 29.1 Å². The van der Waals surface area contributed by atoms with E-state index >= 15 is 0 Å². The van der Waals surface area contributed by atoms with Crippen LogP contribution in [0.4, 0.5) is 23.2 Å². The van der Waals surface area contributed by atoms with Gasteiger partial charge in [0.05, 0.1) is 11.9 Å². The van der Waals surface area contributed by atoms with Crippen molar-refractivity contribution in [3.05, 3.63) is 30.6 Å². The van der Waals surface area contributed by atoms with Crippen LogP contribution >= 0.6 is 0 Å². The fraction of sp³-hybridized carbons (Fsp3) is 0.375. The van der Waals surface area contributed by atoms with E-state index < -0.39 is 28.8 Å². The van der Waals surface area contributed by atoms with Gasteiger partial charge >= 0.3 is 18.0 Å². The average Bonchev–Trinajstić information content (AvgIpc) is 2.66. The van der Waals surface area contributed by atoms with Crippen LogP contribution in [0.5, 0.6) is 5.75 Å². The quantitative estimate of drug-likeness (QED) is 0.513. The van der Waals surface area contributed by atoms with Crippen LogP contribution in [0.25, 0.3) is 11.4 Å². The summed E-state index contributed by atoms with van der Waals surface area (Å²) in [7, 11) is -2.43. The highest BCUT2D eigenvalue weighted by Gasteiger charge is 2.41. The molecule has 0 aliphatic rings. The molecule has 2 aromatic rings. The lowest BCUT2D eigenvalue weighted by Crippen LogP contribution is -2.44. The summed E-state index contributed by atoms with van der Waals surface area (Å²) in [6.45, 7) is -0.0753. The molecule has 0 aliphatic heterocycles. The Bertz CT molecular complexity index is 938. The van der Waals surface area contributed by atoms with Crippen molar-refractivity contribution in [2.45, 2.75) is 24.2 Å². The SMILES string of the molecule is CCS(=O)(=O)c1cc(N)c[n+](OC)c1-c1ccc(OCC(F)(F)C(F)F)cn1. The number of ether oxygens (including phenoxy) is 1. The highest BCUT2D eigenvalue weighted by molar-refractivity contribution is 7.91. The molecule has 2 rings (SSSR count). The number of nitrogens with zero attached hydrogens (tertiary/aromatic N) is 2. The van der Waals surface area contributed by atoms with Gasteiger partial charge in [0.2, 0.25) is 6.20 Å². The van der Waals surface area contributed by atoms with Crippen LogP contribution in [0.1, 0.15) is 6.92 Å². The molecule has 0 amide bonds. The van der Waals surface area contributed by atoms with Crippen molar-refractivity contribution in [1.29, 1.82) is 0 Å². The van der Waals surface area contributed by atoms with E-state index in [2.05, 4.69) is 9.72 Å². The maximum Gasteiger partial charge on any atom is 0.340 e. The van der Waals surface area contributed by atoms with E-state index in [0.717, 1.165) is 10.9 Å². The Morgan fingerprint density at radius 2 is 2.00 bits per heavy atom. The monoisotopic (exact) mass is 424 g/mol. The van der Waals surface area contributed by atoms with Crippen LogP contribution in [-0.2, 0) is 9.84 Å². The third-order valence-electron chi connectivity index (χ3n) is 3.66. The van der Waals surface area contributed by atoms with Gasteiger partial charge in [-0.1, -0.05) is 6.92 Å². The molecule has 7 nitrogen and oxygen atoms in total. The lowest BCUT2D eigenvalue weighted by Gasteiger charge is -2.15. The van der Waals surface area contributed by atoms with Crippen molar-refractivity contribution >= 4 is 15.5 Å². The second kappa shape index (κ2) is 8.17. The summed E-state index contributed by atoms with van der Waals surface area (Å²) in [6.07, 6.45) is -1.52. The first-order valence-corrected chi connectivity index (χ1v) is 9.54. The van der Waals surface area contributed by atoms with Gasteiger partial charge < -0.3 is 10.5 Å². The number of sulfone groups is 1. The molecule has 0 saturated carbocycles. The van der Waals surface area contributed by atoms with Gasteiger partial charge in [-0.25, -0.2) is 22.2 Å². The predicted molar refractivity (Wildman–Crippen MR) is 91.0 cm³/mol. The molecule has 0 aliphatic carbocycles. The van der Waals surface area contributed by atoms with Crippen molar-refractivity contribution in [1.82, 2.24) is 4.98 Å². The highest BCUT2D eigenvalue weighted by atomic mass is 32.2. The fourth-order valence-corrected chi connectivity index (χ4v) is 3.31. The number of nitrogens with two attached hydrogens (primary N) is 1. The van der Waals surface area contributed by atoms with Crippen LogP contribution in [-0.4, -0.2) is 45.2 Å². The van der Waals surface area contributed by atoms with Gasteiger partial charge in [0.25, 0.3) is 0 Å². The molecule has 0 unspecified atom stereocenters. The summed E-state index contributed by atoms with van der Waals surface area (Å²) >= 11 is 0. The number of anilines is 1.